The fourth-order valence-electron chi connectivity index (χ4n) is 1.68. The van der Waals surface area contributed by atoms with Crippen LogP contribution in [0.5, 0.6) is 0 Å². The summed E-state index contributed by atoms with van der Waals surface area (Å²) in [6.45, 7) is 8.27. The summed E-state index contributed by atoms with van der Waals surface area (Å²) in [7, 11) is -1.44. The lowest BCUT2D eigenvalue weighted by Crippen LogP contribution is -2.16. The van der Waals surface area contributed by atoms with E-state index in [1.165, 1.54) is 18.2 Å². The van der Waals surface area contributed by atoms with Crippen LogP contribution < -0.4 is 0 Å². The van der Waals surface area contributed by atoms with Crippen LogP contribution >= 0.6 is 0 Å². The molecule has 0 aliphatic heterocycles. The third-order valence-electron chi connectivity index (χ3n) is 2.83. The number of allylic oxidation sites excluding steroid dienone is 3. The predicted molar refractivity (Wildman–Crippen MR) is 103 cm³/mol. The number of carbonyl (C=O) groups excluding carboxylic acids is 1. The van der Waals surface area contributed by atoms with Crippen molar-refractivity contribution in [2.24, 2.45) is 0 Å². The highest BCUT2D eigenvalue weighted by atomic mass is 28.3. The lowest BCUT2D eigenvalue weighted by Gasteiger charge is -2.08. The van der Waals surface area contributed by atoms with Crippen molar-refractivity contribution in [3.63, 3.8) is 0 Å². The number of rotatable bonds is 8. The van der Waals surface area contributed by atoms with Gasteiger partial charge in [0.05, 0.1) is 12.7 Å². The van der Waals surface area contributed by atoms with E-state index in [-0.39, 0.29) is 19.4 Å². The van der Waals surface area contributed by atoms with Gasteiger partial charge in [-0.3, -0.25) is 4.79 Å². The Labute approximate surface area is 156 Å². The molecule has 1 N–H and O–H groups in total. The summed E-state index contributed by atoms with van der Waals surface area (Å²) in [5.41, 5.74) is 3.15. The molecule has 0 saturated carbocycles. The van der Waals surface area contributed by atoms with E-state index in [1.54, 1.807) is 13.0 Å². The number of aliphatic hydroxyl groups excluding tert-OH is 1. The van der Waals surface area contributed by atoms with Gasteiger partial charge in [0, 0.05) is 19.3 Å². The first-order chi connectivity index (χ1) is 12.1. The molecule has 0 bridgehead atoms. The molecule has 0 fully saturated rings. The van der Waals surface area contributed by atoms with Gasteiger partial charge in [-0.25, -0.2) is 0 Å². The van der Waals surface area contributed by atoms with Crippen LogP contribution in [0, 0.1) is 23.3 Å². The minimum Gasteiger partial charge on any atom is -0.466 e. The fourth-order valence-corrected chi connectivity index (χ4v) is 2.31. The smallest absolute Gasteiger partial charge is 0.308 e. The Morgan fingerprint density at radius 3 is 2.62 bits per heavy atom. The molecule has 1 atom stereocenters. The highest BCUT2D eigenvalue weighted by Gasteiger charge is 2.25. The van der Waals surface area contributed by atoms with Crippen LogP contribution in [0.2, 0.25) is 19.6 Å². The summed E-state index contributed by atoms with van der Waals surface area (Å²) in [5.74, 6) is 3.48. The molecule has 0 aliphatic carbocycles. The Morgan fingerprint density at radius 2 is 2.00 bits per heavy atom. The predicted octanol–water partition coefficient (Wildman–Crippen LogP) is 4.10. The van der Waals surface area contributed by atoms with Gasteiger partial charge in [0.1, 0.15) is 8.07 Å². The van der Waals surface area contributed by atoms with Crippen LogP contribution in [0.15, 0.2) is 24.3 Å². The number of aliphatic hydroxyl groups is 1. The van der Waals surface area contributed by atoms with E-state index in [2.05, 4.69) is 41.8 Å². The molecule has 0 radical (unpaired) electrons. The maximum absolute atomic E-state index is 13.5. The van der Waals surface area contributed by atoms with Gasteiger partial charge in [-0.2, -0.15) is 8.78 Å². The minimum atomic E-state index is -3.15. The zero-order chi connectivity index (χ0) is 20.1. The third kappa shape index (κ3) is 15.6. The van der Waals surface area contributed by atoms with Crippen molar-refractivity contribution >= 4 is 14.0 Å². The molecule has 26 heavy (non-hydrogen) atoms. The normalized spacial score (nSPS) is 13.0. The lowest BCUT2D eigenvalue weighted by atomic mass is 10.1. The summed E-state index contributed by atoms with van der Waals surface area (Å²) in [4.78, 5) is 11.1. The SMILES string of the molecule is CCOC(=O)CCCC(F)(F)C#C/C=C/C=C/[C@H](O)CC#C[Si](C)(C)C. The third-order valence-corrected chi connectivity index (χ3v) is 3.76. The van der Waals surface area contributed by atoms with E-state index in [0.29, 0.717) is 6.42 Å². The van der Waals surface area contributed by atoms with Crippen molar-refractivity contribution in [3.8, 4) is 23.3 Å². The van der Waals surface area contributed by atoms with Gasteiger partial charge < -0.3 is 9.84 Å². The molecule has 0 spiro atoms. The summed E-state index contributed by atoms with van der Waals surface area (Å²) < 4.78 is 31.7. The summed E-state index contributed by atoms with van der Waals surface area (Å²) >= 11 is 0. The zero-order valence-electron chi connectivity index (χ0n) is 15.9. The standard InChI is InChI=1S/C20H28F2O3Si/c1-5-25-19(24)14-10-16-20(21,22)15-9-7-6-8-12-18(23)13-11-17-26(2,3)4/h6-8,12,18,23H,5,10,13-14,16H2,1-4H3/b7-6+,12-8+/t18-/m0/s1. The largest absolute Gasteiger partial charge is 0.466 e. The number of carbonyl (C=O) groups is 1. The van der Waals surface area contributed by atoms with Gasteiger partial charge in [0.15, 0.2) is 0 Å². The average molecular weight is 383 g/mol. The Morgan fingerprint density at radius 1 is 1.31 bits per heavy atom. The Hall–Kier alpha value is -1.89. The van der Waals surface area contributed by atoms with E-state index in [1.807, 2.05) is 5.92 Å². The van der Waals surface area contributed by atoms with E-state index >= 15 is 0 Å². The lowest BCUT2D eigenvalue weighted by molar-refractivity contribution is -0.143. The number of hydrogen-bond acceptors (Lipinski definition) is 3. The van der Waals surface area contributed by atoms with Crippen LogP contribution in [0.1, 0.15) is 32.6 Å². The number of esters is 1. The Bertz CT molecular complexity index is 611. The minimum absolute atomic E-state index is 0.0226. The van der Waals surface area contributed by atoms with Crippen molar-refractivity contribution < 1.29 is 23.4 Å². The topological polar surface area (TPSA) is 46.5 Å². The molecule has 0 heterocycles. The van der Waals surface area contributed by atoms with Crippen molar-refractivity contribution in [3.05, 3.63) is 24.3 Å². The Balaban J connectivity index is 4.26. The second kappa shape index (κ2) is 12.5. The Kier molecular flexibility index (Phi) is 11.6. The monoisotopic (exact) mass is 382 g/mol. The van der Waals surface area contributed by atoms with Gasteiger partial charge in [-0.1, -0.05) is 43.8 Å². The van der Waals surface area contributed by atoms with E-state index in [0.717, 1.165) is 0 Å². The van der Waals surface area contributed by atoms with Crippen LogP contribution in [0.25, 0.3) is 0 Å². The van der Waals surface area contributed by atoms with Crippen molar-refractivity contribution in [1.29, 1.82) is 0 Å². The maximum atomic E-state index is 13.5. The van der Waals surface area contributed by atoms with Gasteiger partial charge in [-0.15, -0.1) is 11.5 Å². The second-order valence-corrected chi connectivity index (χ2v) is 11.4. The van der Waals surface area contributed by atoms with Crippen molar-refractivity contribution in [2.75, 3.05) is 6.61 Å². The average Bonchev–Trinajstić information content (AvgIpc) is 2.49. The molecule has 144 valence electrons. The van der Waals surface area contributed by atoms with Gasteiger partial charge >= 0.3 is 11.9 Å². The first-order valence-corrected chi connectivity index (χ1v) is 12.1. The highest BCUT2D eigenvalue weighted by molar-refractivity contribution is 6.83. The molecule has 0 aliphatic rings. The molecule has 0 saturated heterocycles. The second-order valence-electron chi connectivity index (χ2n) is 6.70. The summed E-state index contributed by atoms with van der Waals surface area (Å²) in [6.07, 6.45) is 5.00. The number of alkyl halides is 2. The molecule has 0 amide bonds. The van der Waals surface area contributed by atoms with Gasteiger partial charge in [0.2, 0.25) is 0 Å². The van der Waals surface area contributed by atoms with E-state index in [9.17, 15) is 18.7 Å². The van der Waals surface area contributed by atoms with Crippen molar-refractivity contribution in [1.82, 2.24) is 0 Å². The van der Waals surface area contributed by atoms with Gasteiger partial charge in [-0.05, 0) is 25.3 Å². The molecule has 0 rings (SSSR count). The number of ether oxygens (including phenoxy) is 1. The highest BCUT2D eigenvalue weighted by Crippen LogP contribution is 2.20. The summed E-state index contributed by atoms with van der Waals surface area (Å²) in [5, 5.41) is 9.71. The van der Waals surface area contributed by atoms with Crippen LogP contribution in [-0.2, 0) is 9.53 Å². The number of halogens is 2. The molecule has 3 nitrogen and oxygen atoms in total. The fraction of sp³-hybridized carbons (Fsp3) is 0.550. The first kappa shape index (κ1) is 24.1. The van der Waals surface area contributed by atoms with Gasteiger partial charge in [0.25, 0.3) is 0 Å². The number of hydrogen-bond donors (Lipinski definition) is 1. The molecule has 0 aromatic rings. The van der Waals surface area contributed by atoms with Crippen LogP contribution in [-0.4, -0.2) is 37.8 Å². The molecule has 6 heteroatoms. The maximum Gasteiger partial charge on any atom is 0.308 e. The molecule has 0 unspecified atom stereocenters. The van der Waals surface area contributed by atoms with Crippen LogP contribution in [0.4, 0.5) is 8.78 Å². The van der Waals surface area contributed by atoms with E-state index < -0.39 is 32.5 Å². The molecule has 0 aromatic carbocycles. The van der Waals surface area contributed by atoms with E-state index in [4.69, 9.17) is 0 Å². The zero-order valence-corrected chi connectivity index (χ0v) is 16.9. The summed E-state index contributed by atoms with van der Waals surface area (Å²) in [6, 6.07) is 0. The molecular formula is C20H28F2O3Si. The molecular weight excluding hydrogens is 354 g/mol. The first-order valence-electron chi connectivity index (χ1n) is 8.63. The quantitative estimate of drug-likeness (QED) is 0.297. The van der Waals surface area contributed by atoms with Crippen LogP contribution in [0.3, 0.4) is 0 Å². The molecule has 0 aromatic heterocycles. The van der Waals surface area contributed by atoms with Crippen molar-refractivity contribution in [2.45, 2.75) is 64.3 Å².